The van der Waals surface area contributed by atoms with Crippen LogP contribution >= 0.6 is 0 Å². The van der Waals surface area contributed by atoms with Crippen molar-refractivity contribution in [1.29, 1.82) is 5.26 Å². The molecule has 0 saturated heterocycles. The van der Waals surface area contributed by atoms with Gasteiger partial charge < -0.3 is 15.8 Å². The number of carboxylic acids is 1. The topological polar surface area (TPSA) is 127 Å². The van der Waals surface area contributed by atoms with E-state index in [0.29, 0.717) is 35.1 Å². The number of aliphatic carboxylic acids is 1. The van der Waals surface area contributed by atoms with E-state index in [0.717, 1.165) is 42.1 Å². The van der Waals surface area contributed by atoms with Gasteiger partial charge in [-0.2, -0.15) is 15.3 Å². The third-order valence-corrected chi connectivity index (χ3v) is 5.81. The third-order valence-electron chi connectivity index (χ3n) is 5.81. The number of carboxylic acid groups (broad SMARTS) is 1. The maximum Gasteiger partial charge on any atom is 1.00 e. The minimum atomic E-state index is -0.868. The summed E-state index contributed by atoms with van der Waals surface area (Å²) in [6.07, 6.45) is 6.20. The first-order chi connectivity index (χ1) is 16.1. The van der Waals surface area contributed by atoms with Crippen LogP contribution in [0.5, 0.6) is 5.75 Å². The number of carbonyl (C=O) groups is 1. The van der Waals surface area contributed by atoms with Crippen molar-refractivity contribution in [3.05, 3.63) is 48.2 Å². The summed E-state index contributed by atoms with van der Waals surface area (Å²) in [4.78, 5) is 15.3. The van der Waals surface area contributed by atoms with Crippen molar-refractivity contribution < 1.29 is 50.1 Å². The van der Waals surface area contributed by atoms with E-state index in [1.807, 2.05) is 24.3 Å². The van der Waals surface area contributed by atoms with E-state index < -0.39 is 5.97 Å². The smallest absolute Gasteiger partial charge is 1.00 e. The van der Waals surface area contributed by atoms with E-state index >= 15 is 0 Å². The molecule has 1 saturated carbocycles. The first-order valence-electron chi connectivity index (χ1n) is 10.8. The summed E-state index contributed by atoms with van der Waals surface area (Å²) in [6, 6.07) is 13.1. The molecule has 1 aliphatic carbocycles. The molecule has 2 aromatic heterocycles. The number of rotatable bonds is 7. The van der Waals surface area contributed by atoms with Crippen molar-refractivity contribution in [3.63, 3.8) is 0 Å². The summed E-state index contributed by atoms with van der Waals surface area (Å²) in [7, 11) is 0. The van der Waals surface area contributed by atoms with Gasteiger partial charge in [-0.3, -0.25) is 9.48 Å². The Morgan fingerprint density at radius 3 is 2.79 bits per heavy atom. The molecule has 1 N–H and O–H groups in total. The van der Waals surface area contributed by atoms with Crippen LogP contribution < -0.4 is 34.3 Å². The van der Waals surface area contributed by atoms with Gasteiger partial charge in [0.15, 0.2) is 0 Å². The SMILES string of the molecule is N#Cc1cc(-c2nc(-c3ccc4c(cnn4CCC(=O)O)c3)no2)ccc1OC1CCCC1.[H-].[Na+]. The predicted molar refractivity (Wildman–Crippen MR) is 119 cm³/mol. The largest absolute Gasteiger partial charge is 1.00 e. The molecule has 0 atom stereocenters. The summed E-state index contributed by atoms with van der Waals surface area (Å²) in [5.41, 5.74) is 2.66. The van der Waals surface area contributed by atoms with Crippen LogP contribution in [0.15, 0.2) is 47.1 Å². The number of nitrogens with zero attached hydrogens (tertiary/aromatic N) is 5. The van der Waals surface area contributed by atoms with Crippen LogP contribution in [0, 0.1) is 11.3 Å². The summed E-state index contributed by atoms with van der Waals surface area (Å²) in [5, 5.41) is 27.7. The van der Waals surface area contributed by atoms with Gasteiger partial charge in [-0.15, -0.1) is 0 Å². The first kappa shape index (κ1) is 24.0. The van der Waals surface area contributed by atoms with Crippen LogP contribution in [0.25, 0.3) is 33.7 Å². The zero-order valence-corrected chi connectivity index (χ0v) is 20.8. The molecule has 1 fully saturated rings. The second-order valence-electron chi connectivity index (χ2n) is 8.06. The Morgan fingerprint density at radius 2 is 2.03 bits per heavy atom. The predicted octanol–water partition coefficient (Wildman–Crippen LogP) is 1.54. The fourth-order valence-corrected chi connectivity index (χ4v) is 4.10. The van der Waals surface area contributed by atoms with Crippen molar-refractivity contribution in [2.45, 2.75) is 44.8 Å². The zero-order valence-electron chi connectivity index (χ0n) is 19.8. The molecule has 10 heteroatoms. The van der Waals surface area contributed by atoms with E-state index in [4.69, 9.17) is 14.4 Å². The molecule has 2 heterocycles. The average molecular weight is 467 g/mol. The van der Waals surface area contributed by atoms with Gasteiger partial charge in [0.25, 0.3) is 5.89 Å². The molecular formula is C24H22N5NaO4. The number of ether oxygens (including phenoxy) is 1. The molecular weight excluding hydrogens is 445 g/mol. The molecule has 168 valence electrons. The minimum absolute atomic E-state index is 0. The molecule has 0 bridgehead atoms. The minimum Gasteiger partial charge on any atom is -1.00 e. The quantitative estimate of drug-likeness (QED) is 0.406. The number of hydrogen-bond donors (Lipinski definition) is 1. The Balaban J connectivity index is 0.00000171. The van der Waals surface area contributed by atoms with Crippen LogP contribution in [0.3, 0.4) is 0 Å². The molecule has 4 aromatic rings. The maximum atomic E-state index is 10.8. The summed E-state index contributed by atoms with van der Waals surface area (Å²) in [6.45, 7) is 0.298. The Kier molecular flexibility index (Phi) is 7.32. The molecule has 34 heavy (non-hydrogen) atoms. The third kappa shape index (κ3) is 4.99. The molecule has 2 aromatic carbocycles. The fourth-order valence-electron chi connectivity index (χ4n) is 4.10. The number of hydrogen-bond acceptors (Lipinski definition) is 7. The van der Waals surface area contributed by atoms with E-state index in [2.05, 4.69) is 21.3 Å². The van der Waals surface area contributed by atoms with Gasteiger partial charge in [0, 0.05) is 16.5 Å². The van der Waals surface area contributed by atoms with Crippen LogP contribution in [-0.2, 0) is 11.3 Å². The van der Waals surface area contributed by atoms with E-state index in [1.165, 1.54) is 0 Å². The average Bonchev–Trinajstić information content (AvgIpc) is 3.58. The monoisotopic (exact) mass is 467 g/mol. The van der Waals surface area contributed by atoms with Gasteiger partial charge in [0.2, 0.25) is 5.82 Å². The summed E-state index contributed by atoms with van der Waals surface area (Å²) >= 11 is 0. The normalized spacial score (nSPS) is 13.5. The summed E-state index contributed by atoms with van der Waals surface area (Å²) in [5.74, 6) is 0.437. The zero-order chi connectivity index (χ0) is 22.8. The summed E-state index contributed by atoms with van der Waals surface area (Å²) < 4.78 is 13.1. The number of benzene rings is 2. The first-order valence-corrected chi connectivity index (χ1v) is 10.8. The number of aromatic nitrogens is 4. The van der Waals surface area contributed by atoms with Crippen LogP contribution in [0.2, 0.25) is 0 Å². The van der Waals surface area contributed by atoms with Crippen molar-refractivity contribution in [1.82, 2.24) is 19.9 Å². The fraction of sp³-hybridized carbons (Fsp3) is 0.292. The van der Waals surface area contributed by atoms with Gasteiger partial charge in [0.1, 0.15) is 11.8 Å². The number of nitriles is 1. The van der Waals surface area contributed by atoms with Gasteiger partial charge in [0.05, 0.1) is 36.3 Å². The Morgan fingerprint density at radius 1 is 1.24 bits per heavy atom. The molecule has 5 rings (SSSR count). The standard InChI is InChI=1S/C24H21N5O4.Na.H/c25-13-17-12-16(6-8-21(17)32-19-3-1-2-4-19)24-27-23(28-33-24)15-5-7-20-18(11-15)14-26-29(20)10-9-22(30)31;;/h5-8,11-12,14,19H,1-4,9-10H2,(H,30,31);;/q;+1;-1. The van der Waals surface area contributed by atoms with Crippen molar-refractivity contribution >= 4 is 16.9 Å². The van der Waals surface area contributed by atoms with Crippen molar-refractivity contribution in [3.8, 4) is 34.7 Å². The van der Waals surface area contributed by atoms with Crippen molar-refractivity contribution in [2.75, 3.05) is 0 Å². The molecule has 0 radical (unpaired) electrons. The Hall–Kier alpha value is -3.19. The van der Waals surface area contributed by atoms with Gasteiger partial charge in [-0.25, -0.2) is 0 Å². The van der Waals surface area contributed by atoms with Gasteiger partial charge >= 0.3 is 35.5 Å². The second-order valence-corrected chi connectivity index (χ2v) is 8.06. The molecule has 0 amide bonds. The molecule has 0 aliphatic heterocycles. The Bertz CT molecular complexity index is 1370. The van der Waals surface area contributed by atoms with E-state index in [-0.39, 0.29) is 43.5 Å². The van der Waals surface area contributed by atoms with Gasteiger partial charge in [-0.1, -0.05) is 5.16 Å². The van der Waals surface area contributed by atoms with Crippen LogP contribution in [-0.4, -0.2) is 37.1 Å². The maximum absolute atomic E-state index is 10.8. The molecule has 0 spiro atoms. The van der Waals surface area contributed by atoms with Gasteiger partial charge in [-0.05, 0) is 62.1 Å². The van der Waals surface area contributed by atoms with Crippen molar-refractivity contribution in [2.24, 2.45) is 0 Å². The Labute approximate surface area is 219 Å². The number of fused-ring (bicyclic) bond motifs is 1. The van der Waals surface area contributed by atoms with Crippen LogP contribution in [0.1, 0.15) is 39.1 Å². The van der Waals surface area contributed by atoms with E-state index in [1.54, 1.807) is 23.0 Å². The molecule has 9 nitrogen and oxygen atoms in total. The molecule has 1 aliphatic rings. The molecule has 0 unspecified atom stereocenters. The van der Waals surface area contributed by atoms with E-state index in [9.17, 15) is 10.1 Å². The van der Waals surface area contributed by atoms with Crippen LogP contribution in [0.4, 0.5) is 0 Å². The second kappa shape index (κ2) is 10.4. The number of aryl methyl sites for hydroxylation is 1.